The summed E-state index contributed by atoms with van der Waals surface area (Å²) in [4.78, 5) is 10.5. The van der Waals surface area contributed by atoms with Crippen LogP contribution in [0.5, 0.6) is 0 Å². The zero-order valence-electron chi connectivity index (χ0n) is 7.69. The molecule has 0 spiro atoms. The van der Waals surface area contributed by atoms with Gasteiger partial charge >= 0.3 is 5.97 Å². The Kier molecular flexibility index (Phi) is 2.92. The van der Waals surface area contributed by atoms with Gasteiger partial charge in [0.25, 0.3) is 9.05 Å². The van der Waals surface area contributed by atoms with Gasteiger partial charge in [-0.15, -0.1) is 0 Å². The molecular weight excluding hydrogens is 242 g/mol. The molecule has 0 saturated carbocycles. The van der Waals surface area contributed by atoms with Gasteiger partial charge in [-0.2, -0.15) is 0 Å². The van der Waals surface area contributed by atoms with Gasteiger partial charge in [0.15, 0.2) is 0 Å². The van der Waals surface area contributed by atoms with Crippen LogP contribution in [0.4, 0.5) is 5.69 Å². The lowest BCUT2D eigenvalue weighted by atomic mass is 10.1. The number of nitrogens with two attached hydrogens (primary N) is 1. The fourth-order valence-corrected chi connectivity index (χ4v) is 2.36. The minimum atomic E-state index is -3.95. The van der Waals surface area contributed by atoms with E-state index in [1.54, 1.807) is 0 Å². The van der Waals surface area contributed by atoms with E-state index in [1.807, 2.05) is 0 Å². The number of carboxylic acids is 1. The molecule has 0 radical (unpaired) electrons. The SMILES string of the molecule is Cc1cc(N)c(C(=O)O)cc1S(=O)(=O)Cl. The summed E-state index contributed by atoms with van der Waals surface area (Å²) in [6.07, 6.45) is 0. The molecule has 0 aliphatic carbocycles. The molecule has 0 aliphatic rings. The molecule has 0 heterocycles. The lowest BCUT2D eigenvalue weighted by Gasteiger charge is -2.06. The summed E-state index contributed by atoms with van der Waals surface area (Å²) in [5.74, 6) is -1.30. The fourth-order valence-electron chi connectivity index (χ4n) is 1.16. The molecule has 1 aromatic rings. The van der Waals surface area contributed by atoms with Crippen LogP contribution in [0.25, 0.3) is 0 Å². The average Bonchev–Trinajstić information content (AvgIpc) is 2.00. The minimum absolute atomic E-state index is 0.00377. The van der Waals surface area contributed by atoms with Crippen LogP contribution in [-0.4, -0.2) is 19.5 Å². The molecule has 0 aromatic heterocycles. The summed E-state index contributed by atoms with van der Waals surface area (Å²) in [5, 5.41) is 8.73. The second-order valence-corrected chi connectivity index (χ2v) is 5.48. The maximum atomic E-state index is 11.1. The van der Waals surface area contributed by atoms with E-state index in [-0.39, 0.29) is 16.1 Å². The first-order chi connectivity index (χ1) is 6.73. The van der Waals surface area contributed by atoms with Crippen LogP contribution in [0.1, 0.15) is 15.9 Å². The average molecular weight is 250 g/mol. The van der Waals surface area contributed by atoms with E-state index in [4.69, 9.17) is 21.5 Å². The molecule has 0 amide bonds. The number of aryl methyl sites for hydroxylation is 1. The van der Waals surface area contributed by atoms with Crippen LogP contribution in [0, 0.1) is 6.92 Å². The van der Waals surface area contributed by atoms with E-state index in [0.29, 0.717) is 5.56 Å². The smallest absolute Gasteiger partial charge is 0.337 e. The van der Waals surface area contributed by atoms with E-state index in [0.717, 1.165) is 6.07 Å². The molecule has 0 fully saturated rings. The Labute approximate surface area is 90.9 Å². The van der Waals surface area contributed by atoms with Crippen molar-refractivity contribution in [3.63, 3.8) is 0 Å². The molecule has 82 valence electrons. The standard InChI is InChI=1S/C8H8ClNO4S/c1-4-2-6(10)5(8(11)12)3-7(4)15(9,13)14/h2-3H,10H2,1H3,(H,11,12). The molecule has 1 rings (SSSR count). The highest BCUT2D eigenvalue weighted by Gasteiger charge is 2.18. The summed E-state index contributed by atoms with van der Waals surface area (Å²) >= 11 is 0. The molecule has 3 N–H and O–H groups in total. The quantitative estimate of drug-likeness (QED) is 0.606. The van der Waals surface area contributed by atoms with Gasteiger partial charge in [0, 0.05) is 16.4 Å². The molecule has 0 saturated heterocycles. The van der Waals surface area contributed by atoms with Crippen molar-refractivity contribution in [3.8, 4) is 0 Å². The number of carbonyl (C=O) groups is 1. The van der Waals surface area contributed by atoms with Crippen molar-refractivity contribution in [1.82, 2.24) is 0 Å². The van der Waals surface area contributed by atoms with Gasteiger partial charge in [0.2, 0.25) is 0 Å². The number of aromatic carboxylic acids is 1. The molecule has 0 aliphatic heterocycles. The predicted molar refractivity (Wildman–Crippen MR) is 55.6 cm³/mol. The summed E-state index contributed by atoms with van der Waals surface area (Å²) in [7, 11) is 1.18. The monoisotopic (exact) mass is 249 g/mol. The van der Waals surface area contributed by atoms with Crippen molar-refractivity contribution < 1.29 is 18.3 Å². The number of nitrogen functional groups attached to an aromatic ring is 1. The Balaban J connectivity index is 3.58. The fraction of sp³-hybridized carbons (Fsp3) is 0.125. The van der Waals surface area contributed by atoms with Crippen molar-refractivity contribution in [2.24, 2.45) is 0 Å². The summed E-state index contributed by atoms with van der Waals surface area (Å²) in [5.41, 5.74) is 5.45. The largest absolute Gasteiger partial charge is 0.478 e. The predicted octanol–water partition coefficient (Wildman–Crippen LogP) is 1.20. The van der Waals surface area contributed by atoms with Crippen LogP contribution in [-0.2, 0) is 9.05 Å². The zero-order chi connectivity index (χ0) is 11.8. The van der Waals surface area contributed by atoms with Gasteiger partial charge in [-0.1, -0.05) is 0 Å². The Morgan fingerprint density at radius 1 is 1.47 bits per heavy atom. The number of rotatable bonds is 2. The molecule has 1 aromatic carbocycles. The van der Waals surface area contributed by atoms with Crippen LogP contribution in [0.15, 0.2) is 17.0 Å². The van der Waals surface area contributed by atoms with E-state index >= 15 is 0 Å². The molecule has 0 bridgehead atoms. The third kappa shape index (κ3) is 2.40. The van der Waals surface area contributed by atoms with Gasteiger partial charge in [0.05, 0.1) is 10.5 Å². The molecule has 5 nitrogen and oxygen atoms in total. The third-order valence-electron chi connectivity index (χ3n) is 1.84. The lowest BCUT2D eigenvalue weighted by molar-refractivity contribution is 0.0698. The minimum Gasteiger partial charge on any atom is -0.478 e. The van der Waals surface area contributed by atoms with Gasteiger partial charge in [-0.05, 0) is 24.6 Å². The first kappa shape index (κ1) is 11.8. The maximum absolute atomic E-state index is 11.1. The number of carboxylic acid groups (broad SMARTS) is 1. The van der Waals surface area contributed by atoms with Gasteiger partial charge in [0.1, 0.15) is 0 Å². The van der Waals surface area contributed by atoms with E-state index in [9.17, 15) is 13.2 Å². The van der Waals surface area contributed by atoms with Gasteiger partial charge in [-0.3, -0.25) is 0 Å². The maximum Gasteiger partial charge on any atom is 0.337 e. The van der Waals surface area contributed by atoms with Gasteiger partial charge < -0.3 is 10.8 Å². The highest BCUT2D eigenvalue weighted by molar-refractivity contribution is 8.13. The lowest BCUT2D eigenvalue weighted by Crippen LogP contribution is -2.06. The number of hydrogen-bond acceptors (Lipinski definition) is 4. The molecule has 0 atom stereocenters. The molecular formula is C8H8ClNO4S. The van der Waals surface area contributed by atoms with Crippen LogP contribution in [0.3, 0.4) is 0 Å². The van der Waals surface area contributed by atoms with Crippen LogP contribution >= 0.6 is 10.7 Å². The zero-order valence-corrected chi connectivity index (χ0v) is 9.26. The Bertz CT molecular complexity index is 524. The Morgan fingerprint density at radius 2 is 2.00 bits per heavy atom. The third-order valence-corrected chi connectivity index (χ3v) is 3.30. The van der Waals surface area contributed by atoms with Crippen molar-refractivity contribution in [3.05, 3.63) is 23.3 Å². The first-order valence-electron chi connectivity index (χ1n) is 3.81. The van der Waals surface area contributed by atoms with E-state index in [1.165, 1.54) is 13.0 Å². The topological polar surface area (TPSA) is 97.5 Å². The normalized spacial score (nSPS) is 11.3. The van der Waals surface area contributed by atoms with Crippen molar-refractivity contribution in [2.75, 3.05) is 5.73 Å². The Morgan fingerprint density at radius 3 is 2.40 bits per heavy atom. The Hall–Kier alpha value is -1.27. The highest BCUT2D eigenvalue weighted by Crippen LogP contribution is 2.25. The van der Waals surface area contributed by atoms with Crippen molar-refractivity contribution >= 4 is 31.4 Å². The van der Waals surface area contributed by atoms with Gasteiger partial charge in [-0.25, -0.2) is 13.2 Å². The first-order valence-corrected chi connectivity index (χ1v) is 6.12. The number of halogens is 1. The van der Waals surface area contributed by atoms with E-state index in [2.05, 4.69) is 0 Å². The number of benzene rings is 1. The number of hydrogen-bond donors (Lipinski definition) is 2. The highest BCUT2D eigenvalue weighted by atomic mass is 35.7. The molecule has 0 unspecified atom stereocenters. The second kappa shape index (κ2) is 3.71. The molecule has 15 heavy (non-hydrogen) atoms. The summed E-state index contributed by atoms with van der Waals surface area (Å²) in [6, 6.07) is 2.22. The summed E-state index contributed by atoms with van der Waals surface area (Å²) in [6.45, 7) is 1.48. The van der Waals surface area contributed by atoms with Crippen molar-refractivity contribution in [1.29, 1.82) is 0 Å². The second-order valence-electron chi connectivity index (χ2n) is 2.95. The van der Waals surface area contributed by atoms with Crippen molar-refractivity contribution in [2.45, 2.75) is 11.8 Å². The van der Waals surface area contributed by atoms with E-state index < -0.39 is 15.0 Å². The molecule has 7 heteroatoms. The number of anilines is 1. The van der Waals surface area contributed by atoms with Crippen LogP contribution in [0.2, 0.25) is 0 Å². The summed E-state index contributed by atoms with van der Waals surface area (Å²) < 4.78 is 22.1. The van der Waals surface area contributed by atoms with Crippen LogP contribution < -0.4 is 5.73 Å².